The Morgan fingerprint density at radius 1 is 1.35 bits per heavy atom. The molecule has 1 unspecified atom stereocenters. The third-order valence-corrected chi connectivity index (χ3v) is 4.36. The smallest absolute Gasteiger partial charge is 0.222 e. The number of aromatic amines is 1. The van der Waals surface area contributed by atoms with E-state index in [0.29, 0.717) is 18.4 Å². The van der Waals surface area contributed by atoms with Crippen LogP contribution in [0.15, 0.2) is 12.5 Å². The van der Waals surface area contributed by atoms with Crippen LogP contribution in [-0.2, 0) is 11.2 Å². The number of nitrogens with one attached hydrogen (secondary N) is 2. The molecule has 0 radical (unpaired) electrons. The van der Waals surface area contributed by atoms with Gasteiger partial charge in [0, 0.05) is 50.4 Å². The summed E-state index contributed by atoms with van der Waals surface area (Å²) in [6, 6.07) is 0.478. The second-order valence-electron chi connectivity index (χ2n) is 6.09. The van der Waals surface area contributed by atoms with Crippen LogP contribution in [0.25, 0.3) is 0 Å². The molecular weight excluding hydrogens is 252 g/mol. The van der Waals surface area contributed by atoms with Crippen molar-refractivity contribution in [3.63, 3.8) is 0 Å². The number of aromatic nitrogens is 2. The first-order chi connectivity index (χ1) is 9.81. The minimum absolute atomic E-state index is 0.356. The van der Waals surface area contributed by atoms with Crippen LogP contribution in [0.1, 0.15) is 37.8 Å². The van der Waals surface area contributed by atoms with Crippen LogP contribution in [0.2, 0.25) is 0 Å². The molecule has 0 aromatic carbocycles. The highest BCUT2D eigenvalue weighted by Crippen LogP contribution is 2.30. The summed E-state index contributed by atoms with van der Waals surface area (Å²) in [6.07, 6.45) is 9.95. The van der Waals surface area contributed by atoms with Crippen molar-refractivity contribution in [2.75, 3.05) is 19.6 Å². The number of carbonyl (C=O) groups is 1. The predicted molar refractivity (Wildman–Crippen MR) is 77.2 cm³/mol. The molecule has 1 aromatic rings. The third-order valence-electron chi connectivity index (χ3n) is 4.36. The summed E-state index contributed by atoms with van der Waals surface area (Å²) in [5.74, 6) is 1.15. The van der Waals surface area contributed by atoms with Gasteiger partial charge in [0.2, 0.25) is 5.91 Å². The average Bonchev–Trinajstić information content (AvgIpc) is 3.15. The van der Waals surface area contributed by atoms with Crippen molar-refractivity contribution in [2.45, 2.75) is 44.6 Å². The molecule has 2 N–H and O–H groups in total. The molecule has 1 saturated carbocycles. The molecule has 2 aliphatic rings. The SMILES string of the molecule is O=C1CCC(NCCc2cnc[nH]2)CCN1CC1CC1. The molecule has 1 aliphatic carbocycles. The van der Waals surface area contributed by atoms with Crippen LogP contribution >= 0.6 is 0 Å². The van der Waals surface area contributed by atoms with Crippen molar-refractivity contribution in [1.29, 1.82) is 0 Å². The first-order valence-electron chi connectivity index (χ1n) is 7.79. The van der Waals surface area contributed by atoms with Gasteiger partial charge in [-0.3, -0.25) is 4.79 Å². The standard InChI is InChI=1S/C15H24N4O/c20-15-4-3-13(6-8-19(15)10-12-1-2-12)17-7-5-14-9-16-11-18-14/h9,11-13,17H,1-8,10H2,(H,16,18). The summed E-state index contributed by atoms with van der Waals surface area (Å²) in [7, 11) is 0. The Labute approximate surface area is 120 Å². The van der Waals surface area contributed by atoms with Crippen molar-refractivity contribution in [2.24, 2.45) is 5.92 Å². The minimum atomic E-state index is 0.356. The van der Waals surface area contributed by atoms with Crippen LogP contribution in [0.4, 0.5) is 0 Å². The van der Waals surface area contributed by atoms with Crippen molar-refractivity contribution >= 4 is 5.91 Å². The highest BCUT2D eigenvalue weighted by molar-refractivity contribution is 5.76. The molecule has 0 spiro atoms. The molecule has 2 fully saturated rings. The Morgan fingerprint density at radius 2 is 2.25 bits per heavy atom. The zero-order chi connectivity index (χ0) is 13.8. The number of likely N-dealkylation sites (tertiary alicyclic amines) is 1. The topological polar surface area (TPSA) is 61.0 Å². The molecule has 1 amide bonds. The van der Waals surface area contributed by atoms with E-state index in [4.69, 9.17) is 0 Å². The minimum Gasteiger partial charge on any atom is -0.348 e. The maximum atomic E-state index is 12.1. The summed E-state index contributed by atoms with van der Waals surface area (Å²) >= 11 is 0. The zero-order valence-corrected chi connectivity index (χ0v) is 12.0. The Morgan fingerprint density at radius 3 is 3.00 bits per heavy atom. The van der Waals surface area contributed by atoms with E-state index in [0.717, 1.165) is 50.5 Å². The van der Waals surface area contributed by atoms with Crippen LogP contribution in [0.3, 0.4) is 0 Å². The van der Waals surface area contributed by atoms with E-state index in [1.807, 2.05) is 6.20 Å². The monoisotopic (exact) mass is 276 g/mol. The molecule has 20 heavy (non-hydrogen) atoms. The summed E-state index contributed by atoms with van der Waals surface area (Å²) in [5.41, 5.74) is 1.16. The lowest BCUT2D eigenvalue weighted by molar-refractivity contribution is -0.130. The van der Waals surface area contributed by atoms with Crippen molar-refractivity contribution < 1.29 is 4.79 Å². The lowest BCUT2D eigenvalue weighted by atomic mass is 10.1. The van der Waals surface area contributed by atoms with E-state index in [-0.39, 0.29) is 0 Å². The number of carbonyl (C=O) groups excluding carboxylic acids is 1. The fourth-order valence-corrected chi connectivity index (χ4v) is 2.88. The van der Waals surface area contributed by atoms with E-state index in [9.17, 15) is 4.79 Å². The first kappa shape index (κ1) is 13.6. The van der Waals surface area contributed by atoms with Crippen LogP contribution in [0, 0.1) is 5.92 Å². The van der Waals surface area contributed by atoms with Gasteiger partial charge < -0.3 is 15.2 Å². The number of nitrogens with zero attached hydrogens (tertiary/aromatic N) is 2. The van der Waals surface area contributed by atoms with Crippen molar-refractivity contribution in [1.82, 2.24) is 20.2 Å². The molecule has 1 aromatic heterocycles. The summed E-state index contributed by atoms with van der Waals surface area (Å²) in [4.78, 5) is 21.3. The summed E-state index contributed by atoms with van der Waals surface area (Å²) in [6.45, 7) is 2.88. The van der Waals surface area contributed by atoms with Gasteiger partial charge >= 0.3 is 0 Å². The normalized spacial score (nSPS) is 23.9. The van der Waals surface area contributed by atoms with E-state index in [1.165, 1.54) is 12.8 Å². The molecule has 3 rings (SSSR count). The molecule has 1 saturated heterocycles. The van der Waals surface area contributed by atoms with E-state index in [2.05, 4.69) is 20.2 Å². The van der Waals surface area contributed by atoms with Gasteiger partial charge in [0.15, 0.2) is 0 Å². The maximum Gasteiger partial charge on any atom is 0.222 e. The average molecular weight is 276 g/mol. The molecule has 1 aliphatic heterocycles. The van der Waals surface area contributed by atoms with Crippen molar-refractivity contribution in [3.8, 4) is 0 Å². The number of amides is 1. The molecular formula is C15H24N4O. The third kappa shape index (κ3) is 3.82. The van der Waals surface area contributed by atoms with Crippen LogP contribution < -0.4 is 5.32 Å². The number of hydrogen-bond acceptors (Lipinski definition) is 3. The molecule has 0 bridgehead atoms. The van der Waals surface area contributed by atoms with E-state index >= 15 is 0 Å². The van der Waals surface area contributed by atoms with E-state index < -0.39 is 0 Å². The molecule has 1 atom stereocenters. The zero-order valence-electron chi connectivity index (χ0n) is 12.0. The second kappa shape index (κ2) is 6.39. The van der Waals surface area contributed by atoms with Gasteiger partial charge in [0.05, 0.1) is 6.33 Å². The summed E-state index contributed by atoms with van der Waals surface area (Å²) < 4.78 is 0. The number of imidazole rings is 1. The van der Waals surface area contributed by atoms with Crippen LogP contribution in [-0.4, -0.2) is 46.5 Å². The van der Waals surface area contributed by atoms with Gasteiger partial charge in [0.1, 0.15) is 0 Å². The second-order valence-corrected chi connectivity index (χ2v) is 6.09. The fourth-order valence-electron chi connectivity index (χ4n) is 2.88. The quantitative estimate of drug-likeness (QED) is 0.824. The number of H-pyrrole nitrogens is 1. The Hall–Kier alpha value is -1.36. The predicted octanol–water partition coefficient (Wildman–Crippen LogP) is 1.33. The van der Waals surface area contributed by atoms with Gasteiger partial charge in [-0.15, -0.1) is 0 Å². The highest BCUT2D eigenvalue weighted by Gasteiger charge is 2.28. The lowest BCUT2D eigenvalue weighted by Crippen LogP contribution is -2.34. The van der Waals surface area contributed by atoms with Gasteiger partial charge in [-0.2, -0.15) is 0 Å². The maximum absolute atomic E-state index is 12.1. The Kier molecular flexibility index (Phi) is 4.35. The number of rotatable bonds is 6. The fraction of sp³-hybridized carbons (Fsp3) is 0.733. The molecule has 2 heterocycles. The number of hydrogen-bond donors (Lipinski definition) is 2. The molecule has 110 valence electrons. The highest BCUT2D eigenvalue weighted by atomic mass is 16.2. The summed E-state index contributed by atoms with van der Waals surface area (Å²) in [5, 5.41) is 3.58. The first-order valence-corrected chi connectivity index (χ1v) is 7.79. The van der Waals surface area contributed by atoms with Gasteiger partial charge in [-0.05, 0) is 31.6 Å². The lowest BCUT2D eigenvalue weighted by Gasteiger charge is -2.20. The van der Waals surface area contributed by atoms with Crippen LogP contribution in [0.5, 0.6) is 0 Å². The Bertz CT molecular complexity index is 427. The van der Waals surface area contributed by atoms with E-state index in [1.54, 1.807) is 6.33 Å². The molecule has 5 nitrogen and oxygen atoms in total. The van der Waals surface area contributed by atoms with Gasteiger partial charge in [0.25, 0.3) is 0 Å². The van der Waals surface area contributed by atoms with Crippen molar-refractivity contribution in [3.05, 3.63) is 18.2 Å². The van der Waals surface area contributed by atoms with Gasteiger partial charge in [-0.1, -0.05) is 0 Å². The molecule has 5 heteroatoms. The Balaban J connectivity index is 1.40. The largest absolute Gasteiger partial charge is 0.348 e. The van der Waals surface area contributed by atoms with Gasteiger partial charge in [-0.25, -0.2) is 4.98 Å².